The summed E-state index contributed by atoms with van der Waals surface area (Å²) >= 11 is 1.71. The first-order chi connectivity index (χ1) is 13.8. The standard InChI is InChI=1S/C18H23N5O4S2/c1-22(2)14-5-3-4-13(10-14)17(24)20-21-18(25)16-11-15(12-19-16)29(26,27)23-6-8-28-9-7-23/h3-5,10-12,19H,6-9H2,1-2H3,(H,20,24)(H,21,25). The molecule has 0 aliphatic carbocycles. The van der Waals surface area contributed by atoms with Crippen molar-refractivity contribution in [2.45, 2.75) is 4.90 Å². The van der Waals surface area contributed by atoms with Gasteiger partial charge in [-0.05, 0) is 24.3 Å². The molecule has 2 aromatic rings. The molecule has 0 saturated carbocycles. The van der Waals surface area contributed by atoms with Crippen molar-refractivity contribution in [1.29, 1.82) is 0 Å². The Kier molecular flexibility index (Phi) is 6.50. The van der Waals surface area contributed by atoms with E-state index in [0.29, 0.717) is 18.7 Å². The van der Waals surface area contributed by atoms with Crippen molar-refractivity contribution in [3.63, 3.8) is 0 Å². The van der Waals surface area contributed by atoms with Crippen molar-refractivity contribution in [2.24, 2.45) is 0 Å². The highest BCUT2D eigenvalue weighted by atomic mass is 32.2. The van der Waals surface area contributed by atoms with Gasteiger partial charge in [-0.15, -0.1) is 0 Å². The molecule has 1 aliphatic rings. The first kappa shape index (κ1) is 21.2. The molecule has 3 N–H and O–H groups in total. The van der Waals surface area contributed by atoms with Gasteiger partial charge in [0.2, 0.25) is 10.0 Å². The number of nitrogens with one attached hydrogen (secondary N) is 3. The van der Waals surface area contributed by atoms with Crippen LogP contribution in [0.3, 0.4) is 0 Å². The zero-order chi connectivity index (χ0) is 21.0. The SMILES string of the molecule is CN(C)c1cccc(C(=O)NNC(=O)c2cc(S(=O)(=O)N3CCSCC3)c[nH]2)c1. The minimum atomic E-state index is -3.65. The molecule has 1 fully saturated rings. The van der Waals surface area contributed by atoms with E-state index in [1.807, 2.05) is 25.1 Å². The molecule has 1 aromatic heterocycles. The number of carbonyl (C=O) groups excluding carboxylic acids is 2. The van der Waals surface area contributed by atoms with Crippen molar-refractivity contribution in [2.75, 3.05) is 43.6 Å². The predicted molar refractivity (Wildman–Crippen MR) is 113 cm³/mol. The summed E-state index contributed by atoms with van der Waals surface area (Å²) in [4.78, 5) is 29.1. The van der Waals surface area contributed by atoms with E-state index in [-0.39, 0.29) is 10.6 Å². The number of rotatable bonds is 5. The van der Waals surface area contributed by atoms with E-state index in [2.05, 4.69) is 15.8 Å². The molecule has 0 radical (unpaired) electrons. The quantitative estimate of drug-likeness (QED) is 0.599. The summed E-state index contributed by atoms with van der Waals surface area (Å²) in [5.41, 5.74) is 5.90. The number of hydrazine groups is 1. The molecule has 9 nitrogen and oxygen atoms in total. The molecule has 1 aliphatic heterocycles. The molecule has 29 heavy (non-hydrogen) atoms. The number of amides is 2. The van der Waals surface area contributed by atoms with Gasteiger partial charge in [-0.25, -0.2) is 8.42 Å². The van der Waals surface area contributed by atoms with E-state index < -0.39 is 21.8 Å². The lowest BCUT2D eigenvalue weighted by atomic mass is 10.2. The normalized spacial score (nSPS) is 15.0. The summed E-state index contributed by atoms with van der Waals surface area (Å²) < 4.78 is 26.7. The zero-order valence-electron chi connectivity index (χ0n) is 16.1. The molecule has 3 rings (SSSR count). The minimum absolute atomic E-state index is 0.0274. The fourth-order valence-corrected chi connectivity index (χ4v) is 5.34. The average molecular weight is 438 g/mol. The van der Waals surface area contributed by atoms with Crippen LogP contribution in [0.2, 0.25) is 0 Å². The lowest BCUT2D eigenvalue weighted by Crippen LogP contribution is -2.41. The van der Waals surface area contributed by atoms with Crippen LogP contribution in [0.1, 0.15) is 20.8 Å². The highest BCUT2D eigenvalue weighted by Crippen LogP contribution is 2.20. The van der Waals surface area contributed by atoms with Crippen molar-refractivity contribution in [3.8, 4) is 0 Å². The Labute approximate surface area is 173 Å². The van der Waals surface area contributed by atoms with Gasteiger partial charge in [0.05, 0.1) is 0 Å². The minimum Gasteiger partial charge on any atom is -0.378 e. The number of carbonyl (C=O) groups is 2. The van der Waals surface area contributed by atoms with Gasteiger partial charge in [0.15, 0.2) is 0 Å². The molecular formula is C18H23N5O4S2. The van der Waals surface area contributed by atoms with Crippen LogP contribution in [0, 0.1) is 0 Å². The monoisotopic (exact) mass is 437 g/mol. The average Bonchev–Trinajstić information content (AvgIpc) is 3.24. The lowest BCUT2D eigenvalue weighted by Gasteiger charge is -2.24. The Morgan fingerprint density at radius 1 is 1.10 bits per heavy atom. The predicted octanol–water partition coefficient (Wildman–Crippen LogP) is 0.893. The number of aromatic amines is 1. The first-order valence-corrected chi connectivity index (χ1v) is 11.5. The van der Waals surface area contributed by atoms with Crippen molar-refractivity contribution >= 4 is 39.3 Å². The number of hydrogen-bond donors (Lipinski definition) is 3. The molecule has 156 valence electrons. The van der Waals surface area contributed by atoms with E-state index in [9.17, 15) is 18.0 Å². The third-order valence-corrected chi connectivity index (χ3v) is 7.24. The van der Waals surface area contributed by atoms with Gasteiger partial charge in [-0.2, -0.15) is 16.1 Å². The molecule has 0 atom stereocenters. The molecular weight excluding hydrogens is 414 g/mol. The van der Waals surface area contributed by atoms with E-state index in [4.69, 9.17) is 0 Å². The van der Waals surface area contributed by atoms with Crippen molar-refractivity contribution < 1.29 is 18.0 Å². The third-order valence-electron chi connectivity index (χ3n) is 4.42. The van der Waals surface area contributed by atoms with Gasteiger partial charge in [0.1, 0.15) is 10.6 Å². The summed E-state index contributed by atoms with van der Waals surface area (Å²) in [6.07, 6.45) is 1.29. The first-order valence-electron chi connectivity index (χ1n) is 8.93. The summed E-state index contributed by atoms with van der Waals surface area (Å²) in [6.45, 7) is 0.892. The van der Waals surface area contributed by atoms with Crippen LogP contribution in [-0.2, 0) is 10.0 Å². The molecule has 1 saturated heterocycles. The van der Waals surface area contributed by atoms with E-state index in [0.717, 1.165) is 17.2 Å². The molecule has 0 spiro atoms. The third kappa shape index (κ3) is 4.92. The number of benzene rings is 1. The number of H-pyrrole nitrogens is 1. The molecule has 1 aromatic carbocycles. The highest BCUT2D eigenvalue weighted by Gasteiger charge is 2.27. The maximum atomic E-state index is 12.7. The smallest absolute Gasteiger partial charge is 0.286 e. The largest absolute Gasteiger partial charge is 0.378 e. The summed E-state index contributed by atoms with van der Waals surface area (Å²) in [7, 11) is 0.0739. The number of anilines is 1. The van der Waals surface area contributed by atoms with Crippen LogP contribution in [0.4, 0.5) is 5.69 Å². The Morgan fingerprint density at radius 2 is 1.79 bits per heavy atom. The van der Waals surface area contributed by atoms with Crippen LogP contribution in [0.25, 0.3) is 0 Å². The molecule has 0 unspecified atom stereocenters. The van der Waals surface area contributed by atoms with Gasteiger partial charge < -0.3 is 9.88 Å². The highest BCUT2D eigenvalue weighted by molar-refractivity contribution is 7.99. The van der Waals surface area contributed by atoms with Gasteiger partial charge in [-0.1, -0.05) is 6.07 Å². The number of hydrogen-bond acceptors (Lipinski definition) is 6. The Hall–Kier alpha value is -2.50. The number of thioether (sulfide) groups is 1. The Bertz CT molecular complexity index is 997. The summed E-state index contributed by atoms with van der Waals surface area (Å²) in [6, 6.07) is 8.19. The van der Waals surface area contributed by atoms with Crippen molar-refractivity contribution in [1.82, 2.24) is 20.1 Å². The maximum absolute atomic E-state index is 12.7. The maximum Gasteiger partial charge on any atom is 0.286 e. The van der Waals surface area contributed by atoms with Crippen LogP contribution < -0.4 is 15.8 Å². The second-order valence-corrected chi connectivity index (χ2v) is 9.78. The molecule has 11 heteroatoms. The van der Waals surface area contributed by atoms with Gasteiger partial charge in [-0.3, -0.25) is 20.4 Å². The fourth-order valence-electron chi connectivity index (χ4n) is 2.77. The zero-order valence-corrected chi connectivity index (χ0v) is 17.8. The second kappa shape index (κ2) is 8.89. The van der Waals surface area contributed by atoms with E-state index in [1.165, 1.54) is 16.6 Å². The van der Waals surface area contributed by atoms with Crippen LogP contribution in [-0.4, -0.2) is 68.2 Å². The molecule has 0 bridgehead atoms. The fraction of sp³-hybridized carbons (Fsp3) is 0.333. The van der Waals surface area contributed by atoms with E-state index >= 15 is 0 Å². The molecule has 2 heterocycles. The van der Waals surface area contributed by atoms with Crippen LogP contribution in [0.5, 0.6) is 0 Å². The van der Waals surface area contributed by atoms with Gasteiger partial charge >= 0.3 is 0 Å². The Morgan fingerprint density at radius 3 is 2.48 bits per heavy atom. The number of nitrogens with zero attached hydrogens (tertiary/aromatic N) is 2. The number of sulfonamides is 1. The summed E-state index contributed by atoms with van der Waals surface area (Å²) in [5, 5.41) is 0. The lowest BCUT2D eigenvalue weighted by molar-refractivity contribution is 0.0844. The topological polar surface area (TPSA) is 115 Å². The Balaban J connectivity index is 1.63. The van der Waals surface area contributed by atoms with E-state index in [1.54, 1.807) is 30.0 Å². The van der Waals surface area contributed by atoms with Crippen molar-refractivity contribution in [3.05, 3.63) is 47.8 Å². The van der Waals surface area contributed by atoms with Gasteiger partial charge in [0, 0.05) is 56.1 Å². The van der Waals surface area contributed by atoms with Crippen LogP contribution >= 0.6 is 11.8 Å². The second-order valence-electron chi connectivity index (χ2n) is 6.62. The molecule has 2 amide bonds. The number of aromatic nitrogens is 1. The van der Waals surface area contributed by atoms with Crippen LogP contribution in [0.15, 0.2) is 41.4 Å². The van der Waals surface area contributed by atoms with Gasteiger partial charge in [0.25, 0.3) is 11.8 Å². The summed E-state index contributed by atoms with van der Waals surface area (Å²) in [5.74, 6) is 0.376.